The maximum absolute atomic E-state index is 12.2. The van der Waals surface area contributed by atoms with E-state index in [4.69, 9.17) is 18.7 Å². The molecule has 7 heteroatoms. The van der Waals surface area contributed by atoms with Crippen LogP contribution in [0.5, 0.6) is 5.75 Å². The Labute approximate surface area is 168 Å². The number of carbonyl (C=O) groups excluding carboxylic acids is 1. The molecule has 1 aliphatic rings. The zero-order valence-corrected chi connectivity index (χ0v) is 16.2. The van der Waals surface area contributed by atoms with E-state index in [2.05, 4.69) is 10.1 Å². The Morgan fingerprint density at radius 2 is 1.93 bits per heavy atom. The standard InChI is InChI=1S/C22H22N2O5/c1-15-4-6-16(7-5-15)21-23-20(29-24-21)14-28-22(25)17-8-10-18(11-9-17)27-13-19-3-2-12-26-19/h4-11,19H,2-3,12-14H2,1H3/t19-/m0/s1. The molecular weight excluding hydrogens is 372 g/mol. The molecular formula is C22H22N2O5. The van der Waals surface area contributed by atoms with E-state index in [0.717, 1.165) is 30.6 Å². The van der Waals surface area contributed by atoms with Crippen LogP contribution < -0.4 is 4.74 Å². The normalized spacial score (nSPS) is 16.0. The van der Waals surface area contributed by atoms with Crippen LogP contribution in [0.25, 0.3) is 11.4 Å². The van der Waals surface area contributed by atoms with Crippen LogP contribution in [-0.4, -0.2) is 35.4 Å². The molecule has 7 nitrogen and oxygen atoms in total. The number of hydrogen-bond donors (Lipinski definition) is 0. The third kappa shape index (κ3) is 5.00. The predicted molar refractivity (Wildman–Crippen MR) is 105 cm³/mol. The highest BCUT2D eigenvalue weighted by Gasteiger charge is 2.16. The van der Waals surface area contributed by atoms with Gasteiger partial charge in [0.15, 0.2) is 6.61 Å². The minimum absolute atomic E-state index is 0.0883. The van der Waals surface area contributed by atoms with Gasteiger partial charge in [-0.25, -0.2) is 4.79 Å². The molecule has 2 aromatic carbocycles. The topological polar surface area (TPSA) is 83.7 Å². The average Bonchev–Trinajstić information content (AvgIpc) is 3.44. The van der Waals surface area contributed by atoms with Crippen molar-refractivity contribution in [3.63, 3.8) is 0 Å². The van der Waals surface area contributed by atoms with Crippen LogP contribution in [0.15, 0.2) is 53.1 Å². The first-order valence-corrected chi connectivity index (χ1v) is 9.58. The van der Waals surface area contributed by atoms with Crippen molar-refractivity contribution in [3.05, 3.63) is 65.5 Å². The molecule has 0 saturated carbocycles. The second-order valence-corrected chi connectivity index (χ2v) is 6.92. The summed E-state index contributed by atoms with van der Waals surface area (Å²) < 4.78 is 21.7. The first-order chi connectivity index (χ1) is 14.2. The summed E-state index contributed by atoms with van der Waals surface area (Å²) in [4.78, 5) is 16.5. The number of benzene rings is 2. The van der Waals surface area contributed by atoms with Crippen molar-refractivity contribution in [2.24, 2.45) is 0 Å². The summed E-state index contributed by atoms with van der Waals surface area (Å²) in [5.41, 5.74) is 2.41. The minimum atomic E-state index is -0.467. The van der Waals surface area contributed by atoms with Crippen LogP contribution in [0.4, 0.5) is 0 Å². The quantitative estimate of drug-likeness (QED) is 0.561. The summed E-state index contributed by atoms with van der Waals surface area (Å²) in [6.45, 7) is 3.23. The van der Waals surface area contributed by atoms with Crippen molar-refractivity contribution >= 4 is 5.97 Å². The Morgan fingerprint density at radius 3 is 2.66 bits per heavy atom. The molecule has 0 spiro atoms. The minimum Gasteiger partial charge on any atom is -0.491 e. The van der Waals surface area contributed by atoms with Gasteiger partial charge in [-0.15, -0.1) is 0 Å². The number of nitrogens with zero attached hydrogens (tertiary/aromatic N) is 2. The molecule has 150 valence electrons. The molecule has 1 aliphatic heterocycles. The predicted octanol–water partition coefficient (Wildman–Crippen LogP) is 3.96. The van der Waals surface area contributed by atoms with E-state index >= 15 is 0 Å². The fourth-order valence-corrected chi connectivity index (χ4v) is 3.00. The highest BCUT2D eigenvalue weighted by molar-refractivity contribution is 5.89. The van der Waals surface area contributed by atoms with Crippen LogP contribution >= 0.6 is 0 Å². The lowest BCUT2D eigenvalue weighted by Crippen LogP contribution is -2.16. The molecule has 29 heavy (non-hydrogen) atoms. The highest BCUT2D eigenvalue weighted by Crippen LogP contribution is 2.18. The van der Waals surface area contributed by atoms with Crippen molar-refractivity contribution in [2.75, 3.05) is 13.2 Å². The fourth-order valence-electron chi connectivity index (χ4n) is 3.00. The van der Waals surface area contributed by atoms with Gasteiger partial charge in [0.1, 0.15) is 12.4 Å². The molecule has 0 amide bonds. The molecule has 0 bridgehead atoms. The summed E-state index contributed by atoms with van der Waals surface area (Å²) >= 11 is 0. The molecule has 0 radical (unpaired) electrons. The van der Waals surface area contributed by atoms with E-state index in [1.54, 1.807) is 24.3 Å². The maximum atomic E-state index is 12.2. The number of aromatic nitrogens is 2. The van der Waals surface area contributed by atoms with Gasteiger partial charge in [-0.2, -0.15) is 4.98 Å². The molecule has 1 fully saturated rings. The summed E-state index contributed by atoms with van der Waals surface area (Å²) in [7, 11) is 0. The summed E-state index contributed by atoms with van der Waals surface area (Å²) in [6.07, 6.45) is 2.25. The zero-order chi connectivity index (χ0) is 20.1. The van der Waals surface area contributed by atoms with Crippen LogP contribution in [0.1, 0.15) is 34.7 Å². The number of esters is 1. The molecule has 2 heterocycles. The van der Waals surface area contributed by atoms with Crippen LogP contribution in [-0.2, 0) is 16.1 Å². The molecule has 0 unspecified atom stereocenters. The zero-order valence-electron chi connectivity index (χ0n) is 16.2. The number of carbonyl (C=O) groups is 1. The smallest absolute Gasteiger partial charge is 0.338 e. The van der Waals surface area contributed by atoms with Crippen molar-refractivity contribution < 1.29 is 23.5 Å². The van der Waals surface area contributed by atoms with Gasteiger partial charge in [0.05, 0.1) is 11.7 Å². The molecule has 1 aromatic heterocycles. The third-order valence-electron chi connectivity index (χ3n) is 4.65. The second kappa shape index (κ2) is 8.87. The lowest BCUT2D eigenvalue weighted by atomic mass is 10.1. The SMILES string of the molecule is Cc1ccc(-c2noc(COC(=O)c3ccc(OC[C@@H]4CCCO4)cc3)n2)cc1. The van der Waals surface area contributed by atoms with E-state index in [1.807, 2.05) is 31.2 Å². The van der Waals surface area contributed by atoms with Crippen molar-refractivity contribution in [3.8, 4) is 17.1 Å². The fraction of sp³-hybridized carbons (Fsp3) is 0.318. The second-order valence-electron chi connectivity index (χ2n) is 6.92. The van der Waals surface area contributed by atoms with Gasteiger partial charge < -0.3 is 18.7 Å². The van der Waals surface area contributed by atoms with Gasteiger partial charge in [0.25, 0.3) is 5.89 Å². The van der Waals surface area contributed by atoms with E-state index in [-0.39, 0.29) is 18.6 Å². The molecule has 0 N–H and O–H groups in total. The summed E-state index contributed by atoms with van der Waals surface area (Å²) in [5, 5.41) is 3.93. The molecule has 1 saturated heterocycles. The van der Waals surface area contributed by atoms with Crippen molar-refractivity contribution in [1.82, 2.24) is 10.1 Å². The lowest BCUT2D eigenvalue weighted by molar-refractivity contribution is 0.0429. The summed E-state index contributed by atoms with van der Waals surface area (Å²) in [6, 6.07) is 14.6. The van der Waals surface area contributed by atoms with Gasteiger partial charge in [-0.3, -0.25) is 0 Å². The third-order valence-corrected chi connectivity index (χ3v) is 4.65. The van der Waals surface area contributed by atoms with Crippen LogP contribution in [0, 0.1) is 6.92 Å². The van der Waals surface area contributed by atoms with Gasteiger partial charge >= 0.3 is 5.97 Å². The Hall–Kier alpha value is -3.19. The largest absolute Gasteiger partial charge is 0.491 e. The number of aryl methyl sites for hydroxylation is 1. The van der Waals surface area contributed by atoms with Gasteiger partial charge in [-0.05, 0) is 44.0 Å². The Morgan fingerprint density at radius 1 is 1.14 bits per heavy atom. The van der Waals surface area contributed by atoms with Gasteiger partial charge in [0, 0.05) is 12.2 Å². The highest BCUT2D eigenvalue weighted by atomic mass is 16.6. The van der Waals surface area contributed by atoms with E-state index in [0.29, 0.717) is 23.7 Å². The van der Waals surface area contributed by atoms with Crippen molar-refractivity contribution in [2.45, 2.75) is 32.5 Å². The Kier molecular flexibility index (Phi) is 5.86. The lowest BCUT2D eigenvalue weighted by Gasteiger charge is -2.11. The molecule has 4 rings (SSSR count). The Balaban J connectivity index is 1.28. The monoisotopic (exact) mass is 394 g/mol. The van der Waals surface area contributed by atoms with Crippen LogP contribution in [0.3, 0.4) is 0 Å². The number of ether oxygens (including phenoxy) is 3. The van der Waals surface area contributed by atoms with Gasteiger partial charge in [0.2, 0.25) is 5.82 Å². The molecule has 0 aliphatic carbocycles. The average molecular weight is 394 g/mol. The van der Waals surface area contributed by atoms with E-state index in [9.17, 15) is 4.79 Å². The molecule has 1 atom stereocenters. The maximum Gasteiger partial charge on any atom is 0.338 e. The van der Waals surface area contributed by atoms with Crippen LogP contribution in [0.2, 0.25) is 0 Å². The van der Waals surface area contributed by atoms with E-state index in [1.165, 1.54) is 0 Å². The first kappa shape index (κ1) is 19.1. The Bertz CT molecular complexity index is 944. The number of rotatable bonds is 7. The summed E-state index contributed by atoms with van der Waals surface area (Å²) in [5.74, 6) is 0.927. The molecule has 3 aromatic rings. The van der Waals surface area contributed by atoms with Crippen molar-refractivity contribution in [1.29, 1.82) is 0 Å². The number of hydrogen-bond acceptors (Lipinski definition) is 7. The van der Waals surface area contributed by atoms with Gasteiger partial charge in [-0.1, -0.05) is 35.0 Å². The first-order valence-electron chi connectivity index (χ1n) is 9.58. The van der Waals surface area contributed by atoms with E-state index < -0.39 is 5.97 Å².